The predicted octanol–water partition coefficient (Wildman–Crippen LogP) is 8.97. The van der Waals surface area contributed by atoms with Crippen LogP contribution in [0, 0.1) is 13.8 Å². The molecule has 10 aromatic rings. The molecule has 0 amide bonds. The predicted molar refractivity (Wildman–Crippen MR) is 310 cm³/mol. The summed E-state index contributed by atoms with van der Waals surface area (Å²) in [6.45, 7) is 11.9. The molecule has 22 heteroatoms. The number of nitrogens with zero attached hydrogens (tertiary/aromatic N) is 10. The number of rotatable bonds is 12. The van der Waals surface area contributed by atoms with E-state index in [4.69, 9.17) is 37.7 Å². The summed E-state index contributed by atoms with van der Waals surface area (Å²) >= 11 is 3.31. The number of hydrogen-bond acceptors (Lipinski definition) is 16. The van der Waals surface area contributed by atoms with Gasteiger partial charge in [0.15, 0.2) is 0 Å². The Morgan fingerprint density at radius 3 is 1.49 bits per heavy atom. The summed E-state index contributed by atoms with van der Waals surface area (Å²) in [6.07, 6.45) is 9.20. The number of aryl methyl sites for hydroxylation is 4. The van der Waals surface area contributed by atoms with Gasteiger partial charge in [-0.1, -0.05) is 18.2 Å². The van der Waals surface area contributed by atoms with Crippen LogP contribution in [0.25, 0.3) is 66.4 Å². The van der Waals surface area contributed by atoms with Crippen LogP contribution in [0.15, 0.2) is 124 Å². The van der Waals surface area contributed by atoms with Crippen molar-refractivity contribution in [2.24, 2.45) is 14.1 Å². The molecular formula is C58H62BBrN10O10. The smallest absolute Gasteiger partial charge is 0.494 e. The Hall–Kier alpha value is -7.70. The van der Waals surface area contributed by atoms with E-state index < -0.39 is 30.9 Å². The summed E-state index contributed by atoms with van der Waals surface area (Å²) in [7, 11) is 12.4. The molecule has 414 valence electrons. The van der Waals surface area contributed by atoms with E-state index in [1.807, 2.05) is 114 Å². The molecule has 1 saturated heterocycles. The van der Waals surface area contributed by atoms with Crippen LogP contribution in [0.3, 0.4) is 0 Å². The highest BCUT2D eigenvalue weighted by molar-refractivity contribution is 9.10. The van der Waals surface area contributed by atoms with Crippen molar-refractivity contribution in [3.05, 3.63) is 158 Å². The third-order valence-electron chi connectivity index (χ3n) is 14.6. The van der Waals surface area contributed by atoms with Crippen molar-refractivity contribution in [2.45, 2.75) is 65.3 Å². The number of pyridine rings is 6. The van der Waals surface area contributed by atoms with Gasteiger partial charge in [-0.05, 0) is 123 Å². The number of benzene rings is 2. The number of aromatic nitrogens is 10. The summed E-state index contributed by atoms with van der Waals surface area (Å²) in [4.78, 5) is 53.2. The molecule has 0 bridgehead atoms. The normalized spacial score (nSPS) is 13.8. The first kappa shape index (κ1) is 57.0. The second kappa shape index (κ2) is 23.2. The van der Waals surface area contributed by atoms with E-state index in [-0.39, 0.29) is 11.4 Å². The third kappa shape index (κ3) is 10.5. The molecule has 0 saturated carbocycles. The van der Waals surface area contributed by atoms with Crippen LogP contribution in [-0.4, -0.2) is 109 Å². The summed E-state index contributed by atoms with van der Waals surface area (Å²) in [5, 5.41) is 1.71. The fourth-order valence-electron chi connectivity index (χ4n) is 9.55. The monoisotopic (exact) mass is 1150 g/mol. The molecule has 0 radical (unpaired) electrons. The summed E-state index contributed by atoms with van der Waals surface area (Å²) in [5.41, 5.74) is 10.3. The van der Waals surface area contributed by atoms with Crippen LogP contribution in [0.2, 0.25) is 0 Å². The van der Waals surface area contributed by atoms with E-state index in [1.165, 1.54) is 0 Å². The van der Waals surface area contributed by atoms with Crippen LogP contribution in [0.4, 0.5) is 0 Å². The maximum Gasteiger partial charge on any atom is 0.494 e. The van der Waals surface area contributed by atoms with E-state index in [1.54, 1.807) is 112 Å². The van der Waals surface area contributed by atoms with Gasteiger partial charge in [-0.2, -0.15) is 0 Å². The largest absolute Gasteiger partial charge is 0.495 e. The van der Waals surface area contributed by atoms with Crippen LogP contribution in [-0.2, 0) is 42.4 Å². The standard InChI is InChI=1S/C26H25N5O4.C23H25BN4O3.C9H12BrNO3/c1-15-20(7-6-10-27-15)31-24-18-11-16(8-9-19(18)28-14-21(24)30(2)26(31)32)17-12-22(33-3)23(29-13-17)25(34-4)35-5;1-14-18(8-7-11-25-14)28-20-16-12-15(24-30-22(2,3)23(4,5)31-24)9-10-17(16)26-13-19(20)27(6)21(28)29;1-12-7-4-6(10)5-11-8(7)9(13-2)14-3/h6-14,25H,1-5H3;7-13H,1-6H3;4-5,9H,1-3H3. The van der Waals surface area contributed by atoms with Gasteiger partial charge in [-0.15, -0.1) is 0 Å². The minimum atomic E-state index is -0.638. The summed E-state index contributed by atoms with van der Waals surface area (Å²) in [5.74, 6) is 1.18. The number of fused-ring (bicyclic) bond motifs is 6. The lowest BCUT2D eigenvalue weighted by molar-refractivity contribution is -0.109. The van der Waals surface area contributed by atoms with Crippen LogP contribution >= 0.6 is 15.9 Å². The summed E-state index contributed by atoms with van der Waals surface area (Å²) < 4.78 is 51.6. The lowest BCUT2D eigenvalue weighted by atomic mass is 9.78. The molecule has 0 atom stereocenters. The number of ether oxygens (including phenoxy) is 6. The number of imidazole rings is 2. The lowest BCUT2D eigenvalue weighted by Gasteiger charge is -2.32. The maximum atomic E-state index is 13.3. The van der Waals surface area contributed by atoms with Crippen LogP contribution in [0.5, 0.6) is 11.5 Å². The SMILES string of the molecule is COc1cc(-c2ccc3ncc4c(c3c2)n(-c2cccnc2C)c(=O)n4C)cnc1C(OC)OC.COc1cc(Br)cnc1C(OC)OC.Cc1ncccc1-n1c(=O)n(C)c2cnc3ccc(B4OC(C)(C)C(C)(C)O4)cc3c21. The van der Waals surface area contributed by atoms with Gasteiger partial charge < -0.3 is 37.7 Å². The Balaban J connectivity index is 0.000000158. The fourth-order valence-corrected chi connectivity index (χ4v) is 9.86. The van der Waals surface area contributed by atoms with Crippen molar-refractivity contribution in [3.63, 3.8) is 0 Å². The Morgan fingerprint density at radius 1 is 0.550 bits per heavy atom. The van der Waals surface area contributed by atoms with Gasteiger partial charge in [-0.3, -0.25) is 48.2 Å². The minimum absolute atomic E-state index is 0.138. The molecule has 11 rings (SSSR count). The van der Waals surface area contributed by atoms with Gasteiger partial charge in [0.25, 0.3) is 0 Å². The second-order valence-electron chi connectivity index (χ2n) is 19.8. The zero-order valence-electron chi connectivity index (χ0n) is 47.1. The number of halogens is 1. The Labute approximate surface area is 470 Å². The number of hydrogen-bond donors (Lipinski definition) is 0. The van der Waals surface area contributed by atoms with Gasteiger partial charge in [0, 0.05) is 88.1 Å². The molecule has 8 aromatic heterocycles. The van der Waals surface area contributed by atoms with Crippen molar-refractivity contribution < 1.29 is 37.7 Å². The van der Waals surface area contributed by atoms with Crippen molar-refractivity contribution in [2.75, 3.05) is 42.7 Å². The van der Waals surface area contributed by atoms with Gasteiger partial charge >= 0.3 is 18.5 Å². The third-order valence-corrected chi connectivity index (χ3v) is 15.0. The highest BCUT2D eigenvalue weighted by Gasteiger charge is 2.51. The zero-order chi connectivity index (χ0) is 57.4. The average Bonchev–Trinajstić information content (AvgIpc) is 4.21. The van der Waals surface area contributed by atoms with Crippen LogP contribution < -0.4 is 26.3 Å². The number of methoxy groups -OCH3 is 6. The molecule has 0 unspecified atom stereocenters. The molecule has 2 aromatic carbocycles. The lowest BCUT2D eigenvalue weighted by Crippen LogP contribution is -2.41. The average molecular weight is 1150 g/mol. The second-order valence-corrected chi connectivity index (χ2v) is 20.7. The first-order chi connectivity index (χ1) is 38.3. The first-order valence-corrected chi connectivity index (χ1v) is 26.2. The van der Waals surface area contributed by atoms with E-state index in [9.17, 15) is 9.59 Å². The van der Waals surface area contributed by atoms with Crippen molar-refractivity contribution in [1.29, 1.82) is 0 Å². The molecule has 20 nitrogen and oxygen atoms in total. The minimum Gasteiger partial charge on any atom is -0.495 e. The molecule has 1 aliphatic heterocycles. The van der Waals surface area contributed by atoms with Gasteiger partial charge in [0.1, 0.15) is 22.9 Å². The molecule has 1 aliphatic rings. The Morgan fingerprint density at radius 2 is 1.01 bits per heavy atom. The molecule has 1 fully saturated rings. The zero-order valence-corrected chi connectivity index (χ0v) is 48.6. The van der Waals surface area contributed by atoms with Crippen molar-refractivity contribution >= 4 is 72.4 Å². The molecule has 0 aliphatic carbocycles. The molecule has 0 N–H and O–H groups in total. The van der Waals surface area contributed by atoms with Crippen molar-refractivity contribution in [1.82, 2.24) is 48.2 Å². The molecular weight excluding hydrogens is 1090 g/mol. The topological polar surface area (TPSA) is 205 Å². The summed E-state index contributed by atoms with van der Waals surface area (Å²) in [6, 6.07) is 23.1. The first-order valence-electron chi connectivity index (χ1n) is 25.4. The quantitative estimate of drug-likeness (QED) is 0.0827. The van der Waals surface area contributed by atoms with E-state index >= 15 is 0 Å². The molecule has 0 spiro atoms. The van der Waals surface area contributed by atoms with Crippen LogP contribution in [0.1, 0.15) is 63.1 Å². The Kier molecular flexibility index (Phi) is 16.5. The van der Waals surface area contributed by atoms with Gasteiger partial charge in [0.2, 0.25) is 12.6 Å². The van der Waals surface area contributed by atoms with Gasteiger partial charge in [-0.25, -0.2) is 9.59 Å². The fraction of sp³-hybridized carbons (Fsp3) is 0.310. The van der Waals surface area contributed by atoms with E-state index in [2.05, 4.69) is 45.8 Å². The highest BCUT2D eigenvalue weighted by atomic mass is 79.9. The van der Waals surface area contributed by atoms with E-state index in [0.29, 0.717) is 22.9 Å². The highest BCUT2D eigenvalue weighted by Crippen LogP contribution is 2.38. The molecule has 80 heavy (non-hydrogen) atoms. The van der Waals surface area contributed by atoms with E-state index in [0.717, 1.165) is 87.7 Å². The Bertz CT molecular complexity index is 4040. The molecule has 9 heterocycles. The van der Waals surface area contributed by atoms with Gasteiger partial charge in [0.05, 0.1) is 93.7 Å². The maximum absolute atomic E-state index is 13.3. The van der Waals surface area contributed by atoms with Crippen molar-refractivity contribution in [3.8, 4) is 34.0 Å².